The zero-order chi connectivity index (χ0) is 18.8. The van der Waals surface area contributed by atoms with Crippen molar-refractivity contribution in [1.29, 1.82) is 0 Å². The Labute approximate surface area is 162 Å². The molecule has 0 unspecified atom stereocenters. The average molecular weight is 388 g/mol. The number of hydrogen-bond acceptors (Lipinski definition) is 4. The van der Waals surface area contributed by atoms with E-state index in [0.717, 1.165) is 43.9 Å². The highest BCUT2D eigenvalue weighted by atomic mass is 35.5. The maximum Gasteiger partial charge on any atom is 0.268 e. The number of benzene rings is 1. The van der Waals surface area contributed by atoms with Crippen LogP contribution in [0.3, 0.4) is 0 Å². The molecule has 1 aromatic carbocycles. The number of aryl methyl sites for hydroxylation is 1. The van der Waals surface area contributed by atoms with Crippen LogP contribution in [0.5, 0.6) is 0 Å². The molecule has 0 saturated carbocycles. The number of nitrogens with zero attached hydrogens (tertiary/aromatic N) is 2. The van der Waals surface area contributed by atoms with Gasteiger partial charge in [-0.2, -0.15) is 0 Å². The molecule has 27 heavy (non-hydrogen) atoms. The van der Waals surface area contributed by atoms with E-state index in [9.17, 15) is 4.79 Å². The third-order valence-electron chi connectivity index (χ3n) is 4.92. The zero-order valence-corrected chi connectivity index (χ0v) is 16.0. The minimum atomic E-state index is -0.101. The highest BCUT2D eigenvalue weighted by molar-refractivity contribution is 6.33. The Kier molecular flexibility index (Phi) is 5.20. The van der Waals surface area contributed by atoms with Gasteiger partial charge in [-0.15, -0.1) is 0 Å². The van der Waals surface area contributed by atoms with E-state index in [4.69, 9.17) is 20.8 Å². The molecule has 0 atom stereocenters. The second-order valence-corrected chi connectivity index (χ2v) is 7.05. The molecule has 1 fully saturated rings. The number of fused-ring (bicyclic) bond motifs is 1. The standard InChI is InChI=1S/C20H22ClN3O3/c1-23-16-12-18(14-4-2-3-5-15(14)21)27-19(16)13-17(23)20(25)22-6-7-24-8-10-26-11-9-24/h2-5,12-13H,6-11H2,1H3,(H,22,25). The Morgan fingerprint density at radius 2 is 2.00 bits per heavy atom. The van der Waals surface area contributed by atoms with E-state index in [0.29, 0.717) is 28.6 Å². The van der Waals surface area contributed by atoms with Gasteiger partial charge in [0.25, 0.3) is 5.91 Å². The number of amides is 1. The number of aromatic nitrogens is 1. The van der Waals surface area contributed by atoms with Crippen LogP contribution in [0.1, 0.15) is 10.5 Å². The van der Waals surface area contributed by atoms with Gasteiger partial charge in [-0.1, -0.05) is 23.7 Å². The van der Waals surface area contributed by atoms with Gasteiger partial charge in [0.15, 0.2) is 5.58 Å². The van der Waals surface area contributed by atoms with Gasteiger partial charge in [0.1, 0.15) is 11.5 Å². The van der Waals surface area contributed by atoms with Gasteiger partial charge in [0.2, 0.25) is 0 Å². The number of morpholine rings is 1. The molecule has 7 heteroatoms. The van der Waals surface area contributed by atoms with Crippen molar-refractivity contribution in [3.63, 3.8) is 0 Å². The van der Waals surface area contributed by atoms with Crippen molar-refractivity contribution in [2.75, 3.05) is 39.4 Å². The molecule has 3 heterocycles. The predicted molar refractivity (Wildman–Crippen MR) is 105 cm³/mol. The fourth-order valence-corrected chi connectivity index (χ4v) is 3.60. The molecule has 1 aliphatic rings. The smallest absolute Gasteiger partial charge is 0.268 e. The minimum Gasteiger partial charge on any atom is -0.454 e. The lowest BCUT2D eigenvalue weighted by Gasteiger charge is -2.26. The maximum atomic E-state index is 12.5. The maximum absolute atomic E-state index is 12.5. The first-order chi connectivity index (χ1) is 13.1. The van der Waals surface area contributed by atoms with E-state index in [2.05, 4.69) is 10.2 Å². The Morgan fingerprint density at radius 1 is 1.22 bits per heavy atom. The second kappa shape index (κ2) is 7.76. The Balaban J connectivity index is 1.46. The lowest BCUT2D eigenvalue weighted by atomic mass is 10.2. The fourth-order valence-electron chi connectivity index (χ4n) is 3.37. The number of nitrogens with one attached hydrogen (secondary N) is 1. The van der Waals surface area contributed by atoms with E-state index in [1.165, 1.54) is 0 Å². The Bertz CT molecular complexity index is 957. The van der Waals surface area contributed by atoms with Crippen molar-refractivity contribution in [1.82, 2.24) is 14.8 Å². The third kappa shape index (κ3) is 3.74. The molecule has 6 nitrogen and oxygen atoms in total. The van der Waals surface area contributed by atoms with Gasteiger partial charge in [-0.05, 0) is 12.1 Å². The van der Waals surface area contributed by atoms with Crippen molar-refractivity contribution in [2.24, 2.45) is 7.05 Å². The first-order valence-electron chi connectivity index (χ1n) is 9.06. The summed E-state index contributed by atoms with van der Waals surface area (Å²) in [4.78, 5) is 14.8. The molecular weight excluding hydrogens is 366 g/mol. The molecule has 1 aliphatic heterocycles. The highest BCUT2D eigenvalue weighted by Crippen LogP contribution is 2.33. The summed E-state index contributed by atoms with van der Waals surface area (Å²) in [6.07, 6.45) is 0. The first kappa shape index (κ1) is 18.1. The van der Waals surface area contributed by atoms with Crippen LogP contribution in [0, 0.1) is 0 Å². The Morgan fingerprint density at radius 3 is 2.74 bits per heavy atom. The molecule has 142 valence electrons. The van der Waals surface area contributed by atoms with E-state index < -0.39 is 0 Å². The SMILES string of the molecule is Cn1c(C(=O)NCCN2CCOCC2)cc2oc(-c3ccccc3Cl)cc21. The summed E-state index contributed by atoms with van der Waals surface area (Å²) in [5.41, 5.74) is 2.96. The fraction of sp³-hybridized carbons (Fsp3) is 0.350. The highest BCUT2D eigenvalue weighted by Gasteiger charge is 2.18. The lowest BCUT2D eigenvalue weighted by Crippen LogP contribution is -2.41. The molecule has 1 amide bonds. The average Bonchev–Trinajstić information content (AvgIpc) is 3.22. The normalized spacial score (nSPS) is 15.3. The monoisotopic (exact) mass is 387 g/mol. The van der Waals surface area contributed by atoms with E-state index in [1.807, 2.05) is 41.9 Å². The van der Waals surface area contributed by atoms with Crippen molar-refractivity contribution < 1.29 is 13.9 Å². The molecule has 3 aromatic rings. The Hall–Kier alpha value is -2.28. The number of hydrogen-bond donors (Lipinski definition) is 1. The van der Waals surface area contributed by atoms with Crippen molar-refractivity contribution in [3.05, 3.63) is 47.1 Å². The summed E-state index contributed by atoms with van der Waals surface area (Å²) in [7, 11) is 1.87. The molecule has 0 radical (unpaired) electrons. The molecule has 0 aliphatic carbocycles. The number of halogens is 1. The van der Waals surface area contributed by atoms with Gasteiger partial charge in [-0.3, -0.25) is 9.69 Å². The summed E-state index contributed by atoms with van der Waals surface area (Å²) in [5, 5.41) is 3.62. The van der Waals surface area contributed by atoms with Gasteiger partial charge in [-0.25, -0.2) is 0 Å². The number of rotatable bonds is 5. The quantitative estimate of drug-likeness (QED) is 0.730. The predicted octanol–water partition coefficient (Wildman–Crippen LogP) is 3.15. The van der Waals surface area contributed by atoms with Crippen molar-refractivity contribution in [3.8, 4) is 11.3 Å². The van der Waals surface area contributed by atoms with Gasteiger partial charge in [0.05, 0.1) is 23.8 Å². The van der Waals surface area contributed by atoms with Crippen molar-refractivity contribution in [2.45, 2.75) is 0 Å². The molecule has 1 saturated heterocycles. The van der Waals surface area contributed by atoms with E-state index >= 15 is 0 Å². The summed E-state index contributed by atoms with van der Waals surface area (Å²) in [5.74, 6) is 0.594. The summed E-state index contributed by atoms with van der Waals surface area (Å²) >= 11 is 6.25. The second-order valence-electron chi connectivity index (χ2n) is 6.64. The number of ether oxygens (including phenoxy) is 1. The molecule has 0 bridgehead atoms. The molecule has 2 aromatic heterocycles. The van der Waals surface area contributed by atoms with E-state index in [1.54, 1.807) is 6.07 Å². The van der Waals surface area contributed by atoms with Gasteiger partial charge in [0, 0.05) is 50.9 Å². The molecular formula is C20H22ClN3O3. The lowest BCUT2D eigenvalue weighted by molar-refractivity contribution is 0.0383. The van der Waals surface area contributed by atoms with Crippen LogP contribution < -0.4 is 5.32 Å². The third-order valence-corrected chi connectivity index (χ3v) is 5.25. The minimum absolute atomic E-state index is 0.101. The number of carbonyl (C=O) groups is 1. The van der Waals surface area contributed by atoms with Crippen LogP contribution in [-0.4, -0.2) is 54.8 Å². The number of furan rings is 1. The van der Waals surface area contributed by atoms with Crippen LogP contribution in [0.2, 0.25) is 5.02 Å². The van der Waals surface area contributed by atoms with Crippen LogP contribution in [0.25, 0.3) is 22.4 Å². The first-order valence-corrected chi connectivity index (χ1v) is 9.44. The summed E-state index contributed by atoms with van der Waals surface area (Å²) < 4.78 is 13.1. The molecule has 4 rings (SSSR count). The molecule has 0 spiro atoms. The van der Waals surface area contributed by atoms with Gasteiger partial charge >= 0.3 is 0 Å². The van der Waals surface area contributed by atoms with Crippen LogP contribution >= 0.6 is 11.6 Å². The van der Waals surface area contributed by atoms with Crippen molar-refractivity contribution >= 4 is 28.6 Å². The van der Waals surface area contributed by atoms with Gasteiger partial charge < -0.3 is 19.0 Å². The van der Waals surface area contributed by atoms with Crippen LogP contribution in [0.4, 0.5) is 0 Å². The summed E-state index contributed by atoms with van der Waals surface area (Å²) in [6.45, 7) is 4.78. The zero-order valence-electron chi connectivity index (χ0n) is 15.2. The molecule has 1 N–H and O–H groups in total. The van der Waals surface area contributed by atoms with E-state index in [-0.39, 0.29) is 5.91 Å². The summed E-state index contributed by atoms with van der Waals surface area (Å²) in [6, 6.07) is 11.2. The largest absolute Gasteiger partial charge is 0.454 e. The van der Waals surface area contributed by atoms with Crippen LogP contribution in [-0.2, 0) is 11.8 Å². The topological polar surface area (TPSA) is 59.6 Å². The van der Waals surface area contributed by atoms with Crippen LogP contribution in [0.15, 0.2) is 40.8 Å². The number of carbonyl (C=O) groups excluding carboxylic acids is 1.